The molecule has 2 N–H and O–H groups in total. The van der Waals surface area contributed by atoms with Crippen LogP contribution in [-0.2, 0) is 46.9 Å². The van der Waals surface area contributed by atoms with E-state index in [-0.39, 0.29) is 41.6 Å². The van der Waals surface area contributed by atoms with Gasteiger partial charge in [-0.25, -0.2) is 22.2 Å². The number of benzene rings is 2. The van der Waals surface area contributed by atoms with Crippen molar-refractivity contribution in [3.63, 3.8) is 0 Å². The van der Waals surface area contributed by atoms with Crippen LogP contribution in [0.4, 0.5) is 41.7 Å². The van der Waals surface area contributed by atoms with Gasteiger partial charge in [0.1, 0.15) is 23.9 Å². The van der Waals surface area contributed by atoms with E-state index in [1.54, 1.807) is 31.3 Å². The summed E-state index contributed by atoms with van der Waals surface area (Å²) in [6.45, 7) is 0.336. The first kappa shape index (κ1) is 40.1. The number of para-hydroxylation sites is 1. The Labute approximate surface area is 341 Å². The second kappa shape index (κ2) is 13.8. The number of likely N-dealkylation sites (N-methyl/N-ethyl adjacent to an activating group) is 1. The number of nitrogens with one attached hydrogen (secondary N) is 2. The lowest BCUT2D eigenvalue weighted by atomic mass is 9.94. The first-order chi connectivity index (χ1) is 28.2. The number of hydrogen-bond donors (Lipinski definition) is 2. The molecule has 1 amide bonds. The highest BCUT2D eigenvalue weighted by Gasteiger charge is 2.68. The second-order valence-electron chi connectivity index (χ2n) is 15.7. The summed E-state index contributed by atoms with van der Waals surface area (Å²) in [5.74, 6) is -8.88. The van der Waals surface area contributed by atoms with Crippen LogP contribution in [0.5, 0.6) is 0 Å². The van der Waals surface area contributed by atoms with E-state index < -0.39 is 81.0 Å². The van der Waals surface area contributed by atoms with E-state index in [2.05, 4.69) is 30.0 Å². The normalized spacial score (nSPS) is 19.2. The number of aryl methyl sites for hydroxylation is 1. The highest BCUT2D eigenvalue weighted by atomic mass is 32.2. The molecule has 1 saturated carbocycles. The summed E-state index contributed by atoms with van der Waals surface area (Å²) in [6.07, 6.45) is -4.54. The number of carbonyl (C=O) groups is 1. The van der Waals surface area contributed by atoms with Gasteiger partial charge in [-0.15, -0.1) is 0 Å². The van der Waals surface area contributed by atoms with E-state index in [0.717, 1.165) is 18.4 Å². The predicted molar refractivity (Wildman–Crippen MR) is 208 cm³/mol. The molecule has 6 aromatic rings. The van der Waals surface area contributed by atoms with E-state index in [9.17, 15) is 35.2 Å². The zero-order chi connectivity index (χ0) is 42.8. The molecular formula is C38H35F7N10O3S2. The minimum Gasteiger partial charge on any atom is -0.346 e. The monoisotopic (exact) mass is 876 g/mol. The first-order valence-electron chi connectivity index (χ1n) is 18.6. The summed E-state index contributed by atoms with van der Waals surface area (Å²) in [7, 11) is 1.76. The predicted octanol–water partition coefficient (Wildman–Crippen LogP) is 6.17. The quantitative estimate of drug-likeness (QED) is 0.146. The fourth-order valence-corrected chi connectivity index (χ4v) is 9.84. The van der Waals surface area contributed by atoms with Crippen molar-refractivity contribution >= 4 is 59.5 Å². The molecule has 0 bridgehead atoms. The number of carbonyl (C=O) groups excluding carboxylic acids is 1. The number of sulfonamides is 1. The zero-order valence-electron chi connectivity index (χ0n) is 32.2. The average molecular weight is 877 g/mol. The number of thiazole rings is 1. The van der Waals surface area contributed by atoms with Gasteiger partial charge in [0, 0.05) is 60.2 Å². The van der Waals surface area contributed by atoms with E-state index in [0.29, 0.717) is 55.7 Å². The van der Waals surface area contributed by atoms with Gasteiger partial charge < -0.3 is 15.1 Å². The van der Waals surface area contributed by atoms with Crippen molar-refractivity contribution in [1.82, 2.24) is 39.7 Å². The molecule has 9 rings (SSSR count). The maximum Gasteiger partial charge on any atom is 0.435 e. The van der Waals surface area contributed by atoms with Crippen LogP contribution in [0, 0.1) is 17.6 Å². The number of aromatic nitrogens is 6. The van der Waals surface area contributed by atoms with Gasteiger partial charge in [0.15, 0.2) is 22.3 Å². The first-order valence-corrected chi connectivity index (χ1v) is 21.3. The highest BCUT2D eigenvalue weighted by molar-refractivity contribution is 7.92. The van der Waals surface area contributed by atoms with Crippen molar-refractivity contribution in [3.05, 3.63) is 82.3 Å². The van der Waals surface area contributed by atoms with Gasteiger partial charge in [-0.2, -0.15) is 37.1 Å². The average Bonchev–Trinajstić information content (AvgIpc) is 3.39. The molecule has 2 aliphatic carbocycles. The van der Waals surface area contributed by atoms with Crippen molar-refractivity contribution in [3.8, 4) is 11.1 Å². The van der Waals surface area contributed by atoms with Crippen molar-refractivity contribution in [2.45, 2.75) is 49.5 Å². The van der Waals surface area contributed by atoms with Crippen LogP contribution in [-0.4, -0.2) is 88.2 Å². The smallest absolute Gasteiger partial charge is 0.346 e. The number of alkyl halides is 5. The molecule has 316 valence electrons. The van der Waals surface area contributed by atoms with Gasteiger partial charge in [-0.1, -0.05) is 23.5 Å². The molecule has 1 saturated heterocycles. The summed E-state index contributed by atoms with van der Waals surface area (Å²) in [4.78, 5) is 27.9. The van der Waals surface area contributed by atoms with Crippen LogP contribution < -0.4 is 14.9 Å². The Morgan fingerprint density at radius 1 is 1.05 bits per heavy atom. The van der Waals surface area contributed by atoms with Gasteiger partial charge in [0.05, 0.1) is 28.2 Å². The molecule has 4 aromatic heterocycles. The summed E-state index contributed by atoms with van der Waals surface area (Å²) < 4.78 is 132. The molecule has 0 radical (unpaired) electrons. The lowest BCUT2D eigenvalue weighted by molar-refractivity contribution is -0.142. The summed E-state index contributed by atoms with van der Waals surface area (Å²) in [6, 6.07) is 8.49. The Hall–Kier alpha value is -5.35. The molecule has 3 aliphatic rings. The number of pyridine rings is 1. The van der Waals surface area contributed by atoms with Crippen molar-refractivity contribution < 1.29 is 43.9 Å². The number of hydrogen-bond acceptors (Lipinski definition) is 10. The second-order valence-corrected chi connectivity index (χ2v) is 18.5. The maximum atomic E-state index is 15.5. The number of anilines is 2. The van der Waals surface area contributed by atoms with Crippen LogP contribution >= 0.6 is 11.3 Å². The van der Waals surface area contributed by atoms with E-state index in [1.165, 1.54) is 16.0 Å². The van der Waals surface area contributed by atoms with Crippen LogP contribution in [0.25, 0.3) is 32.4 Å². The zero-order valence-corrected chi connectivity index (χ0v) is 33.8. The number of amides is 1. The summed E-state index contributed by atoms with van der Waals surface area (Å²) in [5.41, 5.74) is -1.39. The van der Waals surface area contributed by atoms with Gasteiger partial charge >= 0.3 is 6.18 Å². The standard InChI is InChI=1S/C38H35F7N10O3S2/c1-52(2)20-14-54(15-20)36-48-35-27(59-36)13-23(21-6-5-7-22-31(21)53(3)50-34(22)51-60(4,57)58)30(47-35)26(10-17-8-18(39)11-19(40)9-17)46-28(56)16-55-33-29(32(49-55)38(43,44)45)24-12-25(24)37(33,41)42/h5-9,11,13,20,24-26H,10,12,14-16H2,1-4H3,(H,46,56)(H,50,51)/t24-,25+,26-/m0/s1. The van der Waals surface area contributed by atoms with Gasteiger partial charge in [-0.3, -0.25) is 18.9 Å². The molecule has 2 fully saturated rings. The third-order valence-electron chi connectivity index (χ3n) is 11.2. The van der Waals surface area contributed by atoms with E-state index in [1.807, 2.05) is 14.1 Å². The molecule has 0 unspecified atom stereocenters. The molecular weight excluding hydrogens is 842 g/mol. The number of nitrogens with zero attached hydrogens (tertiary/aromatic N) is 8. The Morgan fingerprint density at radius 3 is 2.43 bits per heavy atom. The molecule has 1 aliphatic heterocycles. The Balaban J connectivity index is 1.19. The Morgan fingerprint density at radius 2 is 1.77 bits per heavy atom. The molecule has 2 aromatic carbocycles. The van der Waals surface area contributed by atoms with Gasteiger partial charge in [-0.05, 0) is 62.7 Å². The fraction of sp³-hybridized carbons (Fsp3) is 0.395. The minimum absolute atomic E-state index is 0.0280. The fourth-order valence-electron chi connectivity index (χ4n) is 8.38. The van der Waals surface area contributed by atoms with Crippen molar-refractivity contribution in [1.29, 1.82) is 0 Å². The maximum absolute atomic E-state index is 15.5. The minimum atomic E-state index is -5.06. The lowest BCUT2D eigenvalue weighted by Crippen LogP contribution is -2.57. The third-order valence-corrected chi connectivity index (χ3v) is 12.8. The SMILES string of the molecule is CN(C)C1CN(c2nc3nc([C@H](Cc4cc(F)cc(F)c4)NC(=O)Cn4nc(C(F)(F)F)c5c4C(F)(F)[C@@H]4C[C@H]54)c(-c4cccc5c(NS(C)(=O)=O)nn(C)c45)cc3s2)C1. The third kappa shape index (κ3) is 7.00. The molecule has 3 atom stereocenters. The van der Waals surface area contributed by atoms with Crippen LogP contribution in [0.1, 0.15) is 46.6 Å². The van der Waals surface area contributed by atoms with Crippen molar-refractivity contribution in [2.24, 2.45) is 13.0 Å². The number of halogens is 7. The molecule has 0 spiro atoms. The number of fused-ring (bicyclic) bond motifs is 5. The molecule has 5 heterocycles. The number of rotatable bonds is 11. The van der Waals surface area contributed by atoms with E-state index >= 15 is 8.78 Å². The van der Waals surface area contributed by atoms with Crippen LogP contribution in [0.2, 0.25) is 0 Å². The van der Waals surface area contributed by atoms with E-state index in [4.69, 9.17) is 9.97 Å². The van der Waals surface area contributed by atoms with Crippen LogP contribution in [0.15, 0.2) is 42.5 Å². The van der Waals surface area contributed by atoms with Gasteiger partial charge in [0.2, 0.25) is 15.9 Å². The van der Waals surface area contributed by atoms with Crippen LogP contribution in [0.3, 0.4) is 0 Å². The Bertz CT molecular complexity index is 2830. The molecule has 22 heteroatoms. The van der Waals surface area contributed by atoms with Gasteiger partial charge in [0.25, 0.3) is 5.92 Å². The lowest BCUT2D eigenvalue weighted by Gasteiger charge is -2.42. The topological polar surface area (TPSA) is 143 Å². The summed E-state index contributed by atoms with van der Waals surface area (Å²) >= 11 is 1.35. The Kier molecular flexibility index (Phi) is 9.25. The highest BCUT2D eigenvalue weighted by Crippen LogP contribution is 2.68. The molecule has 13 nitrogen and oxygen atoms in total. The van der Waals surface area contributed by atoms with Crippen molar-refractivity contribution in [2.75, 3.05) is 43.1 Å². The summed E-state index contributed by atoms with van der Waals surface area (Å²) in [5, 5.41) is 11.6. The molecule has 60 heavy (non-hydrogen) atoms. The largest absolute Gasteiger partial charge is 0.435 e.